The van der Waals surface area contributed by atoms with E-state index in [0.717, 1.165) is 12.8 Å². The maximum Gasteiger partial charge on any atom is 0.340 e. The van der Waals surface area contributed by atoms with Crippen molar-refractivity contribution < 1.29 is 14.3 Å². The predicted molar refractivity (Wildman–Crippen MR) is 93.4 cm³/mol. The first-order valence-electron chi connectivity index (χ1n) is 8.06. The zero-order valence-corrected chi connectivity index (χ0v) is 16.4. The Morgan fingerprint density at radius 1 is 1.14 bits per heavy atom. The molecule has 0 saturated carbocycles. The zero-order valence-electron chi connectivity index (χ0n) is 13.2. The third-order valence-corrected chi connectivity index (χ3v) is 7.00. The van der Waals surface area contributed by atoms with E-state index in [1.54, 1.807) is 0 Å². The molecule has 1 saturated heterocycles. The Bertz CT molecular complexity index is 306. The number of methoxy groups -OCH3 is 1. The van der Waals surface area contributed by atoms with E-state index in [9.17, 15) is 4.79 Å². The fraction of sp³-hybridized carbons (Fsp3) is 0.938. The molecule has 124 valence electrons. The van der Waals surface area contributed by atoms with Crippen LogP contribution < -0.4 is 0 Å². The molecule has 3 unspecified atom stereocenters. The number of esters is 1. The van der Waals surface area contributed by atoms with Gasteiger partial charge in [0, 0.05) is 9.65 Å². The van der Waals surface area contributed by atoms with E-state index >= 15 is 0 Å². The van der Waals surface area contributed by atoms with Gasteiger partial charge < -0.3 is 9.47 Å². The van der Waals surface area contributed by atoms with Crippen LogP contribution in [-0.4, -0.2) is 34.9 Å². The monoisotopic (exact) mass is 426 g/mol. The Hall–Kier alpha value is 0.390. The van der Waals surface area contributed by atoms with Gasteiger partial charge >= 0.3 is 5.97 Å². The average molecular weight is 428 g/mol. The van der Waals surface area contributed by atoms with Crippen LogP contribution >= 0.6 is 31.9 Å². The number of rotatable bonds is 12. The van der Waals surface area contributed by atoms with Crippen molar-refractivity contribution >= 4 is 37.8 Å². The van der Waals surface area contributed by atoms with Crippen molar-refractivity contribution in [1.29, 1.82) is 0 Å². The van der Waals surface area contributed by atoms with Gasteiger partial charge in [-0.25, -0.2) is 4.79 Å². The number of hydrogen-bond acceptors (Lipinski definition) is 3. The first-order chi connectivity index (χ1) is 10.1. The van der Waals surface area contributed by atoms with Crippen LogP contribution in [0, 0.1) is 0 Å². The van der Waals surface area contributed by atoms with E-state index < -0.39 is 5.60 Å². The molecule has 0 radical (unpaired) electrons. The standard InChI is InChI=1S/C16H28Br2O3/c1-3-4-5-6-7-8-9-13(17)14(18)10-11-16(12-21-16)15(19)20-2/h13-14H,3-12H2,1-2H3. The van der Waals surface area contributed by atoms with E-state index in [1.165, 1.54) is 52.1 Å². The molecule has 0 spiro atoms. The van der Waals surface area contributed by atoms with Crippen molar-refractivity contribution in [2.24, 2.45) is 0 Å². The van der Waals surface area contributed by atoms with Crippen LogP contribution in [0.1, 0.15) is 64.7 Å². The number of unbranched alkanes of at least 4 members (excludes halogenated alkanes) is 5. The molecule has 1 aliphatic rings. The summed E-state index contributed by atoms with van der Waals surface area (Å²) in [6, 6.07) is 0. The molecule has 1 rings (SSSR count). The second kappa shape index (κ2) is 10.2. The summed E-state index contributed by atoms with van der Waals surface area (Å²) in [6.45, 7) is 2.75. The van der Waals surface area contributed by atoms with Crippen LogP contribution in [0.3, 0.4) is 0 Å². The number of alkyl halides is 2. The van der Waals surface area contributed by atoms with Crippen LogP contribution in [0.4, 0.5) is 0 Å². The van der Waals surface area contributed by atoms with Gasteiger partial charge in [0.1, 0.15) is 0 Å². The Kier molecular flexibility index (Phi) is 9.46. The highest BCUT2D eigenvalue weighted by atomic mass is 79.9. The van der Waals surface area contributed by atoms with Gasteiger partial charge in [0.25, 0.3) is 0 Å². The molecule has 0 aliphatic carbocycles. The molecule has 21 heavy (non-hydrogen) atoms. The van der Waals surface area contributed by atoms with Gasteiger partial charge in [0.15, 0.2) is 5.60 Å². The molecule has 1 aliphatic heterocycles. The lowest BCUT2D eigenvalue weighted by Gasteiger charge is -2.18. The highest BCUT2D eigenvalue weighted by molar-refractivity contribution is 9.12. The third-order valence-electron chi connectivity index (χ3n) is 4.10. The summed E-state index contributed by atoms with van der Waals surface area (Å²) in [4.78, 5) is 12.4. The molecule has 0 aromatic rings. The highest BCUT2D eigenvalue weighted by Crippen LogP contribution is 2.36. The lowest BCUT2D eigenvalue weighted by molar-refractivity contribution is -0.147. The molecule has 1 fully saturated rings. The maximum atomic E-state index is 11.6. The SMILES string of the molecule is CCCCCCCCC(Br)C(Br)CCC1(C(=O)OC)CO1. The second-order valence-corrected chi connectivity index (χ2v) is 8.25. The van der Waals surface area contributed by atoms with Crippen LogP contribution in [0.15, 0.2) is 0 Å². The summed E-state index contributed by atoms with van der Waals surface area (Å²) < 4.78 is 10.1. The van der Waals surface area contributed by atoms with Gasteiger partial charge in [0.05, 0.1) is 13.7 Å². The molecule has 0 amide bonds. The molecule has 0 bridgehead atoms. The lowest BCUT2D eigenvalue weighted by Crippen LogP contribution is -2.28. The first kappa shape index (κ1) is 19.4. The Balaban J connectivity index is 2.11. The first-order valence-corrected chi connectivity index (χ1v) is 9.89. The molecule has 0 aromatic carbocycles. The minimum atomic E-state index is -0.645. The smallest absolute Gasteiger partial charge is 0.340 e. The van der Waals surface area contributed by atoms with E-state index in [0.29, 0.717) is 16.3 Å². The quantitative estimate of drug-likeness (QED) is 0.190. The Morgan fingerprint density at radius 2 is 1.71 bits per heavy atom. The van der Waals surface area contributed by atoms with Gasteiger partial charge in [-0.2, -0.15) is 0 Å². The van der Waals surface area contributed by atoms with Crippen molar-refractivity contribution in [2.45, 2.75) is 80.0 Å². The van der Waals surface area contributed by atoms with Gasteiger partial charge in [-0.3, -0.25) is 0 Å². The van der Waals surface area contributed by atoms with Gasteiger partial charge in [-0.15, -0.1) is 0 Å². The Labute approximate surface area is 145 Å². The summed E-state index contributed by atoms with van der Waals surface area (Å²) in [7, 11) is 1.42. The van der Waals surface area contributed by atoms with Crippen molar-refractivity contribution in [3.05, 3.63) is 0 Å². The molecule has 1 heterocycles. The number of carbonyl (C=O) groups is 1. The second-order valence-electron chi connectivity index (χ2n) is 5.90. The van der Waals surface area contributed by atoms with Gasteiger partial charge in [-0.1, -0.05) is 77.3 Å². The van der Waals surface area contributed by atoms with Crippen molar-refractivity contribution in [1.82, 2.24) is 0 Å². The number of hydrogen-bond donors (Lipinski definition) is 0. The molecule has 0 aromatic heterocycles. The molecular formula is C16H28Br2O3. The van der Waals surface area contributed by atoms with Crippen LogP contribution in [0.25, 0.3) is 0 Å². The number of epoxide rings is 1. The fourth-order valence-electron chi connectivity index (χ4n) is 2.49. The minimum absolute atomic E-state index is 0.232. The van der Waals surface area contributed by atoms with Gasteiger partial charge in [0.2, 0.25) is 0 Å². The largest absolute Gasteiger partial charge is 0.467 e. The number of ether oxygens (including phenoxy) is 2. The van der Waals surface area contributed by atoms with Crippen LogP contribution in [-0.2, 0) is 14.3 Å². The number of halogens is 2. The molecule has 3 nitrogen and oxygen atoms in total. The summed E-state index contributed by atoms with van der Waals surface area (Å²) in [5.41, 5.74) is -0.645. The third kappa shape index (κ3) is 7.00. The maximum absolute atomic E-state index is 11.6. The van der Waals surface area contributed by atoms with E-state index in [2.05, 4.69) is 38.8 Å². The minimum Gasteiger partial charge on any atom is -0.467 e. The Morgan fingerprint density at radius 3 is 2.29 bits per heavy atom. The molecule has 0 N–H and O–H groups in total. The summed E-state index contributed by atoms with van der Waals surface area (Å²) in [6.07, 6.45) is 10.8. The molecule has 5 heteroatoms. The zero-order chi connectivity index (χ0) is 15.7. The van der Waals surface area contributed by atoms with Crippen LogP contribution in [0.5, 0.6) is 0 Å². The molecule has 3 atom stereocenters. The average Bonchev–Trinajstić information content (AvgIpc) is 3.28. The van der Waals surface area contributed by atoms with Crippen molar-refractivity contribution in [3.63, 3.8) is 0 Å². The van der Waals surface area contributed by atoms with Crippen molar-refractivity contribution in [2.75, 3.05) is 13.7 Å². The van der Waals surface area contributed by atoms with Crippen molar-refractivity contribution in [3.8, 4) is 0 Å². The van der Waals surface area contributed by atoms with Crippen LogP contribution in [0.2, 0.25) is 0 Å². The van der Waals surface area contributed by atoms with E-state index in [1.807, 2.05) is 0 Å². The number of carbonyl (C=O) groups excluding carboxylic acids is 1. The van der Waals surface area contributed by atoms with Gasteiger partial charge in [-0.05, 0) is 19.3 Å². The predicted octanol–water partition coefficient (Wildman–Crippen LogP) is 4.99. The normalized spacial score (nSPS) is 23.6. The van der Waals surface area contributed by atoms with E-state index in [-0.39, 0.29) is 5.97 Å². The molecular weight excluding hydrogens is 400 g/mol. The summed E-state index contributed by atoms with van der Waals surface area (Å²) in [5.74, 6) is -0.232. The summed E-state index contributed by atoms with van der Waals surface area (Å²) >= 11 is 7.50. The topological polar surface area (TPSA) is 38.8 Å². The fourth-order valence-corrected chi connectivity index (χ4v) is 3.57. The highest BCUT2D eigenvalue weighted by Gasteiger charge is 2.53. The summed E-state index contributed by atoms with van der Waals surface area (Å²) in [5, 5.41) is 0. The lowest BCUT2D eigenvalue weighted by atomic mass is 10.0. The van der Waals surface area contributed by atoms with E-state index in [4.69, 9.17) is 9.47 Å².